The zero-order valence-electron chi connectivity index (χ0n) is 12.0. The number of halogens is 3. The monoisotopic (exact) mass is 328 g/mol. The van der Waals surface area contributed by atoms with E-state index in [1.807, 2.05) is 25.1 Å². The Morgan fingerprint density at radius 1 is 1.29 bits per heavy atom. The van der Waals surface area contributed by atoms with Gasteiger partial charge in [-0.25, -0.2) is 4.39 Å². The van der Waals surface area contributed by atoms with E-state index >= 15 is 0 Å². The number of hydrogen-bond donors (Lipinski definition) is 0. The maximum atomic E-state index is 14.3. The summed E-state index contributed by atoms with van der Waals surface area (Å²) in [5, 5.41) is 0.925. The molecule has 0 bridgehead atoms. The smallest absolute Gasteiger partial charge is 0.125 e. The molecule has 0 unspecified atom stereocenters. The first-order valence-electron chi connectivity index (χ1n) is 6.65. The van der Waals surface area contributed by atoms with Gasteiger partial charge in [-0.1, -0.05) is 29.3 Å². The molecule has 0 saturated carbocycles. The topological polar surface area (TPSA) is 12.5 Å². The number of nitrogens with zero attached hydrogens (tertiary/aromatic N) is 1. The maximum absolute atomic E-state index is 14.3. The van der Waals surface area contributed by atoms with Crippen LogP contribution in [0, 0.1) is 6.42 Å². The minimum atomic E-state index is -0.318. The fraction of sp³-hybridized carbons (Fsp3) is 0.312. The number of likely N-dealkylation sites (N-methyl/N-ethyl adjacent to an activating group) is 1. The van der Waals surface area contributed by atoms with Crippen molar-refractivity contribution in [3.8, 4) is 0 Å². The Kier molecular flexibility index (Phi) is 5.68. The lowest BCUT2D eigenvalue weighted by molar-refractivity contribution is 0.193. The molecule has 113 valence electrons. The van der Waals surface area contributed by atoms with Crippen molar-refractivity contribution < 1.29 is 9.13 Å². The van der Waals surface area contributed by atoms with E-state index in [1.165, 1.54) is 6.42 Å². The van der Waals surface area contributed by atoms with Gasteiger partial charge in [-0.3, -0.25) is 0 Å². The van der Waals surface area contributed by atoms with Crippen LogP contribution in [-0.2, 0) is 4.74 Å². The van der Waals surface area contributed by atoms with Gasteiger partial charge in [0, 0.05) is 23.6 Å². The van der Waals surface area contributed by atoms with Crippen LogP contribution in [0.25, 0.3) is 5.57 Å². The molecule has 0 aliphatic heterocycles. The third kappa shape index (κ3) is 4.22. The zero-order valence-corrected chi connectivity index (χ0v) is 13.5. The molecule has 0 saturated heterocycles. The number of ether oxygens (including phenoxy) is 1. The van der Waals surface area contributed by atoms with Crippen LogP contribution in [0.2, 0.25) is 10.0 Å². The van der Waals surface area contributed by atoms with E-state index in [9.17, 15) is 4.39 Å². The lowest BCUT2D eigenvalue weighted by atomic mass is 9.96. The Morgan fingerprint density at radius 2 is 2.05 bits per heavy atom. The predicted molar refractivity (Wildman–Crippen MR) is 86.0 cm³/mol. The normalized spacial score (nSPS) is 15.4. The molecule has 1 aliphatic carbocycles. The van der Waals surface area contributed by atoms with Crippen molar-refractivity contribution in [3.05, 3.63) is 57.9 Å². The summed E-state index contributed by atoms with van der Waals surface area (Å²) in [6, 6.07) is 5.00. The Morgan fingerprint density at radius 3 is 2.71 bits per heavy atom. The summed E-state index contributed by atoms with van der Waals surface area (Å²) in [7, 11) is 3.92. The Bertz CT molecular complexity index is 582. The van der Waals surface area contributed by atoms with Crippen LogP contribution in [0.5, 0.6) is 0 Å². The van der Waals surface area contributed by atoms with Crippen LogP contribution in [0.3, 0.4) is 0 Å². The minimum absolute atomic E-state index is 0.318. The first-order chi connectivity index (χ1) is 9.99. The molecule has 21 heavy (non-hydrogen) atoms. The first-order valence-corrected chi connectivity index (χ1v) is 7.41. The second-order valence-corrected chi connectivity index (χ2v) is 5.85. The molecule has 0 aromatic heterocycles. The van der Waals surface area contributed by atoms with Gasteiger partial charge in [-0.05, 0) is 38.7 Å². The van der Waals surface area contributed by atoms with E-state index in [0.29, 0.717) is 40.0 Å². The van der Waals surface area contributed by atoms with Crippen molar-refractivity contribution in [1.82, 2.24) is 4.90 Å². The molecule has 0 atom stereocenters. The number of allylic oxidation sites excluding steroid dienone is 3. The van der Waals surface area contributed by atoms with E-state index < -0.39 is 0 Å². The largest absolute Gasteiger partial charge is 0.492 e. The van der Waals surface area contributed by atoms with Crippen molar-refractivity contribution in [1.29, 1.82) is 0 Å². The highest BCUT2D eigenvalue weighted by atomic mass is 35.5. The molecule has 2 rings (SSSR count). The Labute approximate surface area is 134 Å². The van der Waals surface area contributed by atoms with Crippen LogP contribution in [0.4, 0.5) is 4.39 Å². The van der Waals surface area contributed by atoms with Crippen LogP contribution >= 0.6 is 23.2 Å². The predicted octanol–water partition coefficient (Wildman–Crippen LogP) is 4.74. The van der Waals surface area contributed by atoms with E-state index in [1.54, 1.807) is 18.2 Å². The number of benzene rings is 1. The van der Waals surface area contributed by atoms with Gasteiger partial charge < -0.3 is 9.64 Å². The summed E-state index contributed by atoms with van der Waals surface area (Å²) >= 11 is 12.1. The third-order valence-corrected chi connectivity index (χ3v) is 3.63. The maximum Gasteiger partial charge on any atom is 0.125 e. The van der Waals surface area contributed by atoms with E-state index in [0.717, 1.165) is 6.54 Å². The fourth-order valence-corrected chi connectivity index (χ4v) is 2.52. The second-order valence-electron chi connectivity index (χ2n) is 5.01. The minimum Gasteiger partial charge on any atom is -0.492 e. The van der Waals surface area contributed by atoms with Gasteiger partial charge in [0.1, 0.15) is 18.2 Å². The average Bonchev–Trinajstić information content (AvgIpc) is 2.40. The molecule has 1 aromatic carbocycles. The molecular weight excluding hydrogens is 312 g/mol. The summed E-state index contributed by atoms with van der Waals surface area (Å²) in [6.45, 7) is 1.24. The van der Waals surface area contributed by atoms with Gasteiger partial charge in [0.05, 0.1) is 10.6 Å². The molecule has 1 aliphatic rings. The molecule has 5 heteroatoms. The summed E-state index contributed by atoms with van der Waals surface area (Å²) in [4.78, 5) is 2.00. The molecule has 0 amide bonds. The van der Waals surface area contributed by atoms with Gasteiger partial charge in [-0.2, -0.15) is 0 Å². The Hall–Kier alpha value is -1.03. The quantitative estimate of drug-likeness (QED) is 0.773. The third-order valence-electron chi connectivity index (χ3n) is 3.08. The highest BCUT2D eigenvalue weighted by molar-refractivity contribution is 6.35. The molecule has 0 fully saturated rings. The van der Waals surface area contributed by atoms with Crippen molar-refractivity contribution in [3.63, 3.8) is 0 Å². The number of hydrogen-bond acceptors (Lipinski definition) is 2. The van der Waals surface area contributed by atoms with E-state index in [4.69, 9.17) is 27.9 Å². The van der Waals surface area contributed by atoms with Crippen LogP contribution in [0.1, 0.15) is 12.0 Å². The van der Waals surface area contributed by atoms with Crippen molar-refractivity contribution in [2.75, 3.05) is 27.2 Å². The van der Waals surface area contributed by atoms with E-state index in [2.05, 4.69) is 0 Å². The fourth-order valence-electron chi connectivity index (χ4n) is 2.01. The molecule has 1 radical (unpaired) electrons. The molecule has 1 aromatic rings. The van der Waals surface area contributed by atoms with Crippen molar-refractivity contribution in [2.24, 2.45) is 0 Å². The molecular formula is C16H17Cl2FNO. The van der Waals surface area contributed by atoms with Crippen molar-refractivity contribution in [2.45, 2.75) is 6.42 Å². The number of rotatable bonds is 5. The molecule has 2 nitrogen and oxygen atoms in total. The van der Waals surface area contributed by atoms with Crippen molar-refractivity contribution >= 4 is 28.8 Å². The molecule has 0 N–H and O–H groups in total. The lowest BCUT2D eigenvalue weighted by Crippen LogP contribution is -2.18. The summed E-state index contributed by atoms with van der Waals surface area (Å²) in [5.41, 5.74) is 0.979. The van der Waals surface area contributed by atoms with Crippen LogP contribution in [-0.4, -0.2) is 32.1 Å². The highest BCUT2D eigenvalue weighted by Crippen LogP contribution is 2.38. The lowest BCUT2D eigenvalue weighted by Gasteiger charge is -2.20. The SMILES string of the molecule is CN(C)CCOC1=CC[CH]C(F)=C1c1ccc(Cl)cc1Cl. The second kappa shape index (κ2) is 7.30. The highest BCUT2D eigenvalue weighted by Gasteiger charge is 2.22. The van der Waals surface area contributed by atoms with Gasteiger partial charge in [0.15, 0.2) is 0 Å². The van der Waals surface area contributed by atoms with Gasteiger partial charge in [-0.15, -0.1) is 0 Å². The summed E-state index contributed by atoms with van der Waals surface area (Å²) in [5.74, 6) is 0.211. The molecule has 0 spiro atoms. The van der Waals surface area contributed by atoms with Gasteiger partial charge in [0.25, 0.3) is 0 Å². The summed E-state index contributed by atoms with van der Waals surface area (Å²) in [6.07, 6.45) is 3.88. The van der Waals surface area contributed by atoms with Crippen LogP contribution < -0.4 is 0 Å². The van der Waals surface area contributed by atoms with Crippen LogP contribution in [0.15, 0.2) is 35.9 Å². The van der Waals surface area contributed by atoms with Gasteiger partial charge in [0.2, 0.25) is 0 Å². The average molecular weight is 329 g/mol. The Balaban J connectivity index is 2.26. The van der Waals surface area contributed by atoms with Gasteiger partial charge >= 0.3 is 0 Å². The molecule has 0 heterocycles. The van der Waals surface area contributed by atoms with E-state index in [-0.39, 0.29) is 5.83 Å². The standard InChI is InChI=1S/C16H17Cl2FNO/c1-20(2)8-9-21-15-5-3-4-14(19)16(15)12-7-6-11(17)10-13(12)18/h4-7,10H,3,8-9H2,1-2H3. The first kappa shape index (κ1) is 16.3. The summed E-state index contributed by atoms with van der Waals surface area (Å²) < 4.78 is 20.0. The zero-order chi connectivity index (χ0) is 15.4.